The van der Waals surface area contributed by atoms with Gasteiger partial charge in [0.25, 0.3) is 0 Å². The predicted octanol–water partition coefficient (Wildman–Crippen LogP) is 4.71. The van der Waals surface area contributed by atoms with Gasteiger partial charge in [-0.2, -0.15) is 0 Å². The molecule has 0 amide bonds. The van der Waals surface area contributed by atoms with Gasteiger partial charge in [-0.15, -0.1) is 11.6 Å². The highest BCUT2D eigenvalue weighted by Crippen LogP contribution is 2.35. The van der Waals surface area contributed by atoms with E-state index in [1.54, 1.807) is 6.07 Å². The van der Waals surface area contributed by atoms with Crippen LogP contribution in [0, 0.1) is 11.7 Å². The normalized spacial score (nSPS) is 23.4. The molecule has 4 heteroatoms. The van der Waals surface area contributed by atoms with Crippen LogP contribution in [0.1, 0.15) is 44.5 Å². The van der Waals surface area contributed by atoms with E-state index in [-0.39, 0.29) is 5.82 Å². The van der Waals surface area contributed by atoms with E-state index in [9.17, 15) is 4.39 Å². The van der Waals surface area contributed by atoms with Crippen LogP contribution in [-0.2, 0) is 6.42 Å². The van der Waals surface area contributed by atoms with Crippen LogP contribution >= 0.6 is 11.6 Å². The van der Waals surface area contributed by atoms with Gasteiger partial charge in [0.05, 0.1) is 5.52 Å². The topological polar surface area (TPSA) is 17.8 Å². The van der Waals surface area contributed by atoms with Crippen molar-refractivity contribution in [2.24, 2.45) is 5.92 Å². The molecule has 2 aromatic rings. The van der Waals surface area contributed by atoms with Gasteiger partial charge in [0.15, 0.2) is 5.82 Å². The summed E-state index contributed by atoms with van der Waals surface area (Å²) in [6, 6.07) is 5.66. The average Bonchev–Trinajstić information content (AvgIpc) is 2.79. The largest absolute Gasteiger partial charge is 0.325 e. The highest BCUT2D eigenvalue weighted by Gasteiger charge is 2.25. The SMILES string of the molecule is CC1CCCC(n2c(CCCl)nc3c(F)cccc32)C1. The first-order chi connectivity index (χ1) is 9.70. The van der Waals surface area contributed by atoms with Crippen LogP contribution in [0.15, 0.2) is 18.2 Å². The zero-order valence-corrected chi connectivity index (χ0v) is 12.5. The number of aryl methyl sites for hydroxylation is 1. The number of hydrogen-bond acceptors (Lipinski definition) is 1. The third kappa shape index (κ3) is 2.44. The molecular formula is C16H20ClFN2. The van der Waals surface area contributed by atoms with Gasteiger partial charge >= 0.3 is 0 Å². The molecule has 1 aliphatic carbocycles. The van der Waals surface area contributed by atoms with Crippen molar-refractivity contribution in [3.8, 4) is 0 Å². The summed E-state index contributed by atoms with van der Waals surface area (Å²) < 4.78 is 16.2. The van der Waals surface area contributed by atoms with Crippen LogP contribution in [-0.4, -0.2) is 15.4 Å². The number of alkyl halides is 1. The van der Waals surface area contributed by atoms with E-state index in [2.05, 4.69) is 16.5 Å². The molecule has 1 heterocycles. The Labute approximate surface area is 123 Å². The van der Waals surface area contributed by atoms with Crippen molar-refractivity contribution < 1.29 is 4.39 Å². The number of imidazole rings is 1. The summed E-state index contributed by atoms with van der Waals surface area (Å²) in [5.41, 5.74) is 1.41. The molecule has 108 valence electrons. The van der Waals surface area contributed by atoms with Crippen molar-refractivity contribution in [3.63, 3.8) is 0 Å². The van der Waals surface area contributed by atoms with E-state index < -0.39 is 0 Å². The zero-order valence-electron chi connectivity index (χ0n) is 11.8. The molecule has 2 nitrogen and oxygen atoms in total. The van der Waals surface area contributed by atoms with Crippen LogP contribution in [0.2, 0.25) is 0 Å². The highest BCUT2D eigenvalue weighted by molar-refractivity contribution is 6.17. The third-order valence-electron chi connectivity index (χ3n) is 4.34. The lowest BCUT2D eigenvalue weighted by atomic mass is 9.87. The van der Waals surface area contributed by atoms with Crippen LogP contribution in [0.3, 0.4) is 0 Å². The number of benzene rings is 1. The second kappa shape index (κ2) is 5.72. The molecule has 1 fully saturated rings. The first-order valence-corrected chi connectivity index (χ1v) is 7.95. The number of rotatable bonds is 3. The Bertz CT molecular complexity index is 608. The Morgan fingerprint density at radius 2 is 2.25 bits per heavy atom. The molecule has 0 saturated heterocycles. The van der Waals surface area contributed by atoms with Crippen molar-refractivity contribution in [2.45, 2.75) is 45.1 Å². The Morgan fingerprint density at radius 3 is 3.00 bits per heavy atom. The lowest BCUT2D eigenvalue weighted by Crippen LogP contribution is -2.19. The number of halogens is 2. The highest BCUT2D eigenvalue weighted by atomic mass is 35.5. The van der Waals surface area contributed by atoms with Gasteiger partial charge in [0, 0.05) is 18.3 Å². The van der Waals surface area contributed by atoms with Gasteiger partial charge in [-0.25, -0.2) is 9.37 Å². The minimum atomic E-state index is -0.235. The summed E-state index contributed by atoms with van der Waals surface area (Å²) >= 11 is 5.90. The van der Waals surface area contributed by atoms with Crippen LogP contribution in [0.5, 0.6) is 0 Å². The minimum absolute atomic E-state index is 0.235. The quantitative estimate of drug-likeness (QED) is 0.750. The number of aromatic nitrogens is 2. The lowest BCUT2D eigenvalue weighted by molar-refractivity contribution is 0.283. The van der Waals surface area contributed by atoms with Crippen LogP contribution < -0.4 is 0 Å². The Morgan fingerprint density at radius 1 is 1.40 bits per heavy atom. The lowest BCUT2D eigenvalue weighted by Gasteiger charge is -2.29. The molecule has 0 N–H and O–H groups in total. The summed E-state index contributed by atoms with van der Waals surface area (Å²) in [4.78, 5) is 4.51. The first-order valence-electron chi connectivity index (χ1n) is 7.42. The van der Waals surface area contributed by atoms with Crippen LogP contribution in [0.25, 0.3) is 11.0 Å². The molecule has 2 atom stereocenters. The van der Waals surface area contributed by atoms with Gasteiger partial charge in [0.2, 0.25) is 0 Å². The standard InChI is InChI=1S/C16H20ClFN2/c1-11-4-2-5-12(10-11)20-14-7-3-6-13(18)16(14)19-15(20)8-9-17/h3,6-7,11-12H,2,4-5,8-10H2,1H3. The molecule has 1 aromatic heterocycles. The number of para-hydroxylation sites is 1. The molecular weight excluding hydrogens is 275 g/mol. The van der Waals surface area contributed by atoms with E-state index in [0.29, 0.717) is 23.9 Å². The monoisotopic (exact) mass is 294 g/mol. The fourth-order valence-corrected chi connectivity index (χ4v) is 3.60. The van der Waals surface area contributed by atoms with Crippen molar-refractivity contribution >= 4 is 22.6 Å². The Kier molecular flexibility index (Phi) is 3.97. The predicted molar refractivity (Wildman–Crippen MR) is 80.8 cm³/mol. The van der Waals surface area contributed by atoms with Crippen molar-refractivity contribution in [3.05, 3.63) is 29.8 Å². The second-order valence-electron chi connectivity index (χ2n) is 5.87. The molecule has 0 aliphatic heterocycles. The molecule has 0 radical (unpaired) electrons. The van der Waals surface area contributed by atoms with Gasteiger partial charge < -0.3 is 4.57 Å². The summed E-state index contributed by atoms with van der Waals surface area (Å²) in [7, 11) is 0. The Hall–Kier alpha value is -1.09. The fraction of sp³-hybridized carbons (Fsp3) is 0.562. The van der Waals surface area contributed by atoms with E-state index in [1.807, 2.05) is 6.07 Å². The second-order valence-corrected chi connectivity index (χ2v) is 6.25. The molecule has 3 rings (SSSR count). The molecule has 2 unspecified atom stereocenters. The van der Waals surface area contributed by atoms with Crippen molar-refractivity contribution in [1.29, 1.82) is 0 Å². The summed E-state index contributed by atoms with van der Waals surface area (Å²) in [5.74, 6) is 1.94. The molecule has 20 heavy (non-hydrogen) atoms. The molecule has 1 aromatic carbocycles. The summed E-state index contributed by atoms with van der Waals surface area (Å²) in [6.07, 6.45) is 5.53. The Balaban J connectivity index is 2.11. The van der Waals surface area contributed by atoms with Gasteiger partial charge in [-0.1, -0.05) is 25.8 Å². The molecule has 0 spiro atoms. The van der Waals surface area contributed by atoms with Gasteiger partial charge in [0.1, 0.15) is 11.3 Å². The number of fused-ring (bicyclic) bond motifs is 1. The average molecular weight is 295 g/mol. The minimum Gasteiger partial charge on any atom is -0.325 e. The third-order valence-corrected chi connectivity index (χ3v) is 4.52. The van der Waals surface area contributed by atoms with E-state index in [0.717, 1.165) is 30.1 Å². The zero-order chi connectivity index (χ0) is 14.1. The summed E-state index contributed by atoms with van der Waals surface area (Å²) in [6.45, 7) is 2.30. The number of hydrogen-bond donors (Lipinski definition) is 0. The first kappa shape index (κ1) is 13.9. The summed E-state index contributed by atoms with van der Waals surface area (Å²) in [5, 5.41) is 0. The molecule has 1 aliphatic rings. The van der Waals surface area contributed by atoms with E-state index in [1.165, 1.54) is 18.9 Å². The van der Waals surface area contributed by atoms with E-state index >= 15 is 0 Å². The smallest absolute Gasteiger partial charge is 0.151 e. The maximum absolute atomic E-state index is 14.0. The van der Waals surface area contributed by atoms with E-state index in [4.69, 9.17) is 11.6 Å². The van der Waals surface area contributed by atoms with Gasteiger partial charge in [-0.3, -0.25) is 0 Å². The van der Waals surface area contributed by atoms with Gasteiger partial charge in [-0.05, 0) is 30.9 Å². The molecule has 0 bridgehead atoms. The maximum atomic E-state index is 14.0. The van der Waals surface area contributed by atoms with Crippen molar-refractivity contribution in [1.82, 2.24) is 9.55 Å². The number of nitrogens with zero attached hydrogens (tertiary/aromatic N) is 2. The maximum Gasteiger partial charge on any atom is 0.151 e. The van der Waals surface area contributed by atoms with Crippen molar-refractivity contribution in [2.75, 3.05) is 5.88 Å². The molecule has 1 saturated carbocycles. The van der Waals surface area contributed by atoms with Crippen LogP contribution in [0.4, 0.5) is 4.39 Å². The fourth-order valence-electron chi connectivity index (χ4n) is 3.44.